The van der Waals surface area contributed by atoms with E-state index in [1.807, 2.05) is 24.3 Å². The quantitative estimate of drug-likeness (QED) is 0.627. The van der Waals surface area contributed by atoms with Crippen LogP contribution in [-0.2, 0) is 10.0 Å². The predicted octanol–water partition coefficient (Wildman–Crippen LogP) is 2.63. The van der Waals surface area contributed by atoms with Gasteiger partial charge in [-0.1, -0.05) is 0 Å². The molecule has 8 nitrogen and oxygen atoms in total. The maximum atomic E-state index is 13.0. The molecule has 0 saturated carbocycles. The Morgan fingerprint density at radius 2 is 1.75 bits per heavy atom. The van der Waals surface area contributed by atoms with Gasteiger partial charge in [0.05, 0.1) is 12.0 Å². The summed E-state index contributed by atoms with van der Waals surface area (Å²) in [5, 5.41) is 7.74. The van der Waals surface area contributed by atoms with Gasteiger partial charge in [-0.05, 0) is 36.4 Å². The second-order valence-corrected chi connectivity index (χ2v) is 9.58. The number of aromatic nitrogens is 2. The van der Waals surface area contributed by atoms with Gasteiger partial charge in [-0.25, -0.2) is 8.42 Å². The average molecular weight is 421 g/mol. The summed E-state index contributed by atoms with van der Waals surface area (Å²) in [6, 6.07) is 11.1. The first-order valence-electron chi connectivity index (χ1n) is 8.77. The Hall–Kier alpha value is -2.43. The number of anilines is 1. The molecule has 28 heavy (non-hydrogen) atoms. The lowest BCUT2D eigenvalue weighted by molar-refractivity contribution is 0.385. The van der Waals surface area contributed by atoms with Crippen molar-refractivity contribution in [1.29, 1.82) is 0 Å². The number of rotatable bonds is 5. The normalized spacial score (nSPS) is 15.7. The molecule has 1 fully saturated rings. The number of aryl methyl sites for hydroxylation is 1. The molecule has 0 N–H and O–H groups in total. The van der Waals surface area contributed by atoms with Crippen molar-refractivity contribution in [2.75, 3.05) is 38.2 Å². The number of hydrogen-bond donors (Lipinski definition) is 0. The van der Waals surface area contributed by atoms with Crippen LogP contribution in [0.2, 0.25) is 0 Å². The van der Waals surface area contributed by atoms with Crippen molar-refractivity contribution < 1.29 is 17.6 Å². The van der Waals surface area contributed by atoms with E-state index < -0.39 is 10.0 Å². The highest BCUT2D eigenvalue weighted by Crippen LogP contribution is 2.32. The number of sulfonamides is 1. The first-order chi connectivity index (χ1) is 13.5. The summed E-state index contributed by atoms with van der Waals surface area (Å²) in [4.78, 5) is 2.82. The van der Waals surface area contributed by atoms with E-state index in [4.69, 9.17) is 9.15 Å². The van der Waals surface area contributed by atoms with Crippen molar-refractivity contribution in [2.45, 2.75) is 11.1 Å². The van der Waals surface area contributed by atoms with Crippen LogP contribution in [0.1, 0.15) is 5.89 Å². The Morgan fingerprint density at radius 3 is 2.36 bits per heavy atom. The molecule has 3 aromatic rings. The molecule has 10 heteroatoms. The van der Waals surface area contributed by atoms with Gasteiger partial charge >= 0.3 is 0 Å². The second-order valence-electron chi connectivity index (χ2n) is 6.33. The predicted molar refractivity (Wildman–Crippen MR) is 106 cm³/mol. The highest BCUT2D eigenvalue weighted by Gasteiger charge is 2.30. The van der Waals surface area contributed by atoms with Crippen LogP contribution in [0.4, 0.5) is 5.69 Å². The smallest absolute Gasteiger partial charge is 0.257 e. The molecule has 0 unspecified atom stereocenters. The molecule has 0 amide bonds. The van der Waals surface area contributed by atoms with Gasteiger partial charge in [0.1, 0.15) is 9.96 Å². The summed E-state index contributed by atoms with van der Waals surface area (Å²) >= 11 is 1.15. The van der Waals surface area contributed by atoms with E-state index in [0.717, 1.165) is 22.8 Å². The Bertz CT molecular complexity index is 1050. The van der Waals surface area contributed by atoms with Gasteiger partial charge in [-0.15, -0.1) is 21.5 Å². The molecular weight excluding hydrogens is 400 g/mol. The molecule has 3 heterocycles. The van der Waals surface area contributed by atoms with Crippen LogP contribution < -0.4 is 9.64 Å². The van der Waals surface area contributed by atoms with Crippen molar-refractivity contribution in [3.05, 3.63) is 42.3 Å². The molecule has 2 aromatic heterocycles. The van der Waals surface area contributed by atoms with E-state index in [-0.39, 0.29) is 4.21 Å². The lowest BCUT2D eigenvalue weighted by Gasteiger charge is -2.35. The topological polar surface area (TPSA) is 88.8 Å². The van der Waals surface area contributed by atoms with E-state index in [0.29, 0.717) is 42.8 Å². The molecular formula is C18H20N4O4S2. The fourth-order valence-electron chi connectivity index (χ4n) is 3.08. The number of thiophene rings is 1. The molecule has 1 saturated heterocycles. The molecule has 1 aliphatic heterocycles. The molecule has 148 valence electrons. The fourth-order valence-corrected chi connectivity index (χ4v) is 5.88. The minimum Gasteiger partial charge on any atom is -0.497 e. The largest absolute Gasteiger partial charge is 0.497 e. The summed E-state index contributed by atoms with van der Waals surface area (Å²) in [5.74, 6) is 1.59. The summed E-state index contributed by atoms with van der Waals surface area (Å²) in [6.07, 6.45) is 0. The number of hydrogen-bond acceptors (Lipinski definition) is 8. The maximum Gasteiger partial charge on any atom is 0.257 e. The third kappa shape index (κ3) is 3.62. The lowest BCUT2D eigenvalue weighted by Crippen LogP contribution is -2.48. The zero-order chi connectivity index (χ0) is 19.7. The molecule has 0 aliphatic carbocycles. The first-order valence-corrected chi connectivity index (χ1v) is 11.0. The SMILES string of the molecule is COc1ccc(N2CCN(S(=O)(=O)c3ccc(-c4nnc(C)o4)s3)CC2)cc1. The number of piperazine rings is 1. The summed E-state index contributed by atoms with van der Waals surface area (Å²) < 4.78 is 38.4. The van der Waals surface area contributed by atoms with Gasteiger partial charge in [0, 0.05) is 38.8 Å². The Kier molecular flexibility index (Phi) is 5.09. The van der Waals surface area contributed by atoms with E-state index in [1.54, 1.807) is 26.2 Å². The standard InChI is InChI=1S/C18H20N4O4S2/c1-13-19-20-18(26-13)16-7-8-17(27-16)28(23,24)22-11-9-21(10-12-22)14-3-5-15(25-2)6-4-14/h3-8H,9-12H2,1-2H3. The second kappa shape index (κ2) is 7.53. The van der Waals surface area contributed by atoms with E-state index in [2.05, 4.69) is 15.1 Å². The van der Waals surface area contributed by atoms with Crippen molar-refractivity contribution in [3.63, 3.8) is 0 Å². The maximum absolute atomic E-state index is 13.0. The molecule has 0 atom stereocenters. The number of methoxy groups -OCH3 is 1. The zero-order valence-electron chi connectivity index (χ0n) is 15.5. The van der Waals surface area contributed by atoms with Crippen molar-refractivity contribution in [3.8, 4) is 16.5 Å². The van der Waals surface area contributed by atoms with Crippen LogP contribution in [0.25, 0.3) is 10.8 Å². The van der Waals surface area contributed by atoms with Crippen molar-refractivity contribution >= 4 is 27.0 Å². The van der Waals surface area contributed by atoms with E-state index in [1.165, 1.54) is 4.31 Å². The minimum atomic E-state index is -3.54. The Balaban J connectivity index is 1.45. The van der Waals surface area contributed by atoms with Crippen LogP contribution in [0.3, 0.4) is 0 Å². The average Bonchev–Trinajstić information content (AvgIpc) is 3.38. The molecule has 1 aliphatic rings. The number of ether oxygens (including phenoxy) is 1. The third-order valence-corrected chi connectivity index (χ3v) is 8.03. The van der Waals surface area contributed by atoms with Crippen LogP contribution in [0, 0.1) is 6.92 Å². The van der Waals surface area contributed by atoms with Gasteiger partial charge in [0.15, 0.2) is 0 Å². The van der Waals surface area contributed by atoms with Crippen LogP contribution in [0.15, 0.2) is 45.0 Å². The third-order valence-electron chi connectivity index (χ3n) is 4.59. The van der Waals surface area contributed by atoms with E-state index in [9.17, 15) is 8.42 Å². The summed E-state index contributed by atoms with van der Waals surface area (Å²) in [5.41, 5.74) is 1.06. The van der Waals surface area contributed by atoms with Gasteiger partial charge in [0.2, 0.25) is 5.89 Å². The Labute approximate surface area is 167 Å². The fraction of sp³-hybridized carbons (Fsp3) is 0.333. The molecule has 0 bridgehead atoms. The highest BCUT2D eigenvalue weighted by atomic mass is 32.2. The number of benzene rings is 1. The van der Waals surface area contributed by atoms with Gasteiger partial charge in [0.25, 0.3) is 15.9 Å². The van der Waals surface area contributed by atoms with Crippen LogP contribution in [0.5, 0.6) is 5.75 Å². The molecule has 0 radical (unpaired) electrons. The Morgan fingerprint density at radius 1 is 1.04 bits per heavy atom. The molecule has 4 rings (SSSR count). The monoisotopic (exact) mass is 420 g/mol. The van der Waals surface area contributed by atoms with Gasteiger partial charge in [-0.2, -0.15) is 4.31 Å². The summed E-state index contributed by atoms with van der Waals surface area (Å²) in [6.45, 7) is 3.83. The van der Waals surface area contributed by atoms with Crippen molar-refractivity contribution in [1.82, 2.24) is 14.5 Å². The van der Waals surface area contributed by atoms with Crippen LogP contribution >= 0.6 is 11.3 Å². The number of nitrogens with zero attached hydrogens (tertiary/aromatic N) is 4. The van der Waals surface area contributed by atoms with Gasteiger partial charge in [-0.3, -0.25) is 0 Å². The zero-order valence-corrected chi connectivity index (χ0v) is 17.2. The lowest BCUT2D eigenvalue weighted by atomic mass is 10.2. The van der Waals surface area contributed by atoms with E-state index >= 15 is 0 Å². The first kappa shape index (κ1) is 18.9. The summed E-state index contributed by atoms with van der Waals surface area (Å²) in [7, 11) is -1.91. The van der Waals surface area contributed by atoms with Gasteiger partial charge < -0.3 is 14.1 Å². The minimum absolute atomic E-state index is 0.288. The molecule has 1 aromatic carbocycles. The van der Waals surface area contributed by atoms with Crippen LogP contribution in [-0.4, -0.2) is 56.2 Å². The highest BCUT2D eigenvalue weighted by molar-refractivity contribution is 7.91. The molecule has 0 spiro atoms. The van der Waals surface area contributed by atoms with Crippen molar-refractivity contribution in [2.24, 2.45) is 0 Å².